The average Bonchev–Trinajstić information content (AvgIpc) is 2.83. The first-order valence-electron chi connectivity index (χ1n) is 10.3. The van der Waals surface area contributed by atoms with E-state index in [1.54, 1.807) is 36.4 Å². The molecule has 0 fully saturated rings. The number of anilines is 1. The molecule has 0 aromatic heterocycles. The Morgan fingerprint density at radius 3 is 2.12 bits per heavy atom. The van der Waals surface area contributed by atoms with Gasteiger partial charge in [0.25, 0.3) is 15.9 Å². The molecule has 0 aliphatic carbocycles. The summed E-state index contributed by atoms with van der Waals surface area (Å²) in [7, 11) is -1.01. The molecule has 8 heteroatoms. The van der Waals surface area contributed by atoms with Crippen LogP contribution in [0.5, 0.6) is 0 Å². The fraction of sp³-hybridized carbons (Fsp3) is 0.200. The molecule has 0 bridgehead atoms. The molecule has 0 spiro atoms. The number of methoxy groups -OCH3 is 1. The summed E-state index contributed by atoms with van der Waals surface area (Å²) < 4.78 is 31.8. The van der Waals surface area contributed by atoms with E-state index in [1.807, 2.05) is 37.3 Å². The summed E-state index contributed by atoms with van der Waals surface area (Å²) in [5.41, 5.74) is 2.54. The van der Waals surface area contributed by atoms with Crippen molar-refractivity contribution in [2.75, 3.05) is 18.5 Å². The van der Waals surface area contributed by atoms with Gasteiger partial charge in [0, 0.05) is 19.0 Å². The van der Waals surface area contributed by atoms with Crippen LogP contribution in [0.15, 0.2) is 83.8 Å². The number of benzene rings is 3. The molecule has 1 N–H and O–H groups in total. The maximum absolute atomic E-state index is 12.9. The Kier molecular flexibility index (Phi) is 7.50. The predicted octanol–water partition coefficient (Wildman–Crippen LogP) is 3.33. The molecule has 0 saturated heterocycles. The van der Waals surface area contributed by atoms with Crippen LogP contribution in [0.3, 0.4) is 0 Å². The van der Waals surface area contributed by atoms with Gasteiger partial charge in [0.2, 0.25) is 0 Å². The summed E-state index contributed by atoms with van der Waals surface area (Å²) in [6, 6.07) is 21.2. The van der Waals surface area contributed by atoms with Crippen LogP contribution in [0, 0.1) is 6.92 Å². The van der Waals surface area contributed by atoms with Gasteiger partial charge in [0.15, 0.2) is 0 Å². The molecule has 0 unspecified atom stereocenters. The van der Waals surface area contributed by atoms with Crippen molar-refractivity contribution in [3.8, 4) is 0 Å². The highest BCUT2D eigenvalue weighted by Crippen LogP contribution is 2.23. The Hall–Kier alpha value is -3.65. The van der Waals surface area contributed by atoms with Crippen LogP contribution in [-0.4, -0.2) is 40.5 Å². The van der Waals surface area contributed by atoms with Crippen molar-refractivity contribution in [1.29, 1.82) is 0 Å². The van der Waals surface area contributed by atoms with Crippen LogP contribution in [-0.2, 0) is 26.0 Å². The van der Waals surface area contributed by atoms with Gasteiger partial charge in [0.05, 0.1) is 17.7 Å². The molecule has 0 heterocycles. The standard InChI is InChI=1S/C25H26N2O5S/c1-18-9-15-22(16-10-18)33(30,31)27(2)21-13-11-20(12-14-21)24(28)26-23(25(29)32-3)17-19-7-5-4-6-8-19/h4-16,23H,17H2,1-3H3,(H,26,28)/t23-/m0/s1. The Labute approximate surface area is 194 Å². The number of hydrogen-bond acceptors (Lipinski definition) is 5. The fourth-order valence-electron chi connectivity index (χ4n) is 3.26. The van der Waals surface area contributed by atoms with Crippen molar-refractivity contribution >= 4 is 27.6 Å². The minimum Gasteiger partial charge on any atom is -0.467 e. The van der Waals surface area contributed by atoms with E-state index in [9.17, 15) is 18.0 Å². The lowest BCUT2D eigenvalue weighted by atomic mass is 10.1. The lowest BCUT2D eigenvalue weighted by Crippen LogP contribution is -2.43. The number of esters is 1. The number of sulfonamides is 1. The number of carbonyl (C=O) groups is 2. The van der Waals surface area contributed by atoms with E-state index in [0.717, 1.165) is 15.4 Å². The molecule has 0 aliphatic heterocycles. The quantitative estimate of drug-likeness (QED) is 0.514. The normalized spacial score (nSPS) is 12.0. The van der Waals surface area contributed by atoms with E-state index < -0.39 is 27.9 Å². The van der Waals surface area contributed by atoms with Gasteiger partial charge >= 0.3 is 5.97 Å². The van der Waals surface area contributed by atoms with Gasteiger partial charge in [-0.05, 0) is 48.9 Å². The van der Waals surface area contributed by atoms with Gasteiger partial charge in [-0.1, -0.05) is 48.0 Å². The van der Waals surface area contributed by atoms with Crippen LogP contribution in [0.2, 0.25) is 0 Å². The third kappa shape index (κ3) is 5.78. The molecule has 3 aromatic carbocycles. The number of nitrogens with one attached hydrogen (secondary N) is 1. The molecule has 7 nitrogen and oxygen atoms in total. The van der Waals surface area contributed by atoms with E-state index in [4.69, 9.17) is 4.74 Å². The van der Waals surface area contributed by atoms with Gasteiger partial charge in [-0.25, -0.2) is 13.2 Å². The maximum atomic E-state index is 12.9. The minimum absolute atomic E-state index is 0.180. The molecule has 172 valence electrons. The van der Waals surface area contributed by atoms with Gasteiger partial charge in [-0.15, -0.1) is 0 Å². The summed E-state index contributed by atoms with van der Waals surface area (Å²) >= 11 is 0. The first-order valence-corrected chi connectivity index (χ1v) is 11.7. The summed E-state index contributed by atoms with van der Waals surface area (Å²) in [4.78, 5) is 25.1. The van der Waals surface area contributed by atoms with Crippen LogP contribution < -0.4 is 9.62 Å². The Balaban J connectivity index is 1.74. The topological polar surface area (TPSA) is 92.8 Å². The minimum atomic E-state index is -3.74. The van der Waals surface area contributed by atoms with Crippen molar-refractivity contribution in [3.05, 3.63) is 95.6 Å². The third-order valence-electron chi connectivity index (χ3n) is 5.25. The van der Waals surface area contributed by atoms with E-state index in [0.29, 0.717) is 11.3 Å². The van der Waals surface area contributed by atoms with Crippen LogP contribution >= 0.6 is 0 Å². The fourth-order valence-corrected chi connectivity index (χ4v) is 4.45. The largest absolute Gasteiger partial charge is 0.467 e. The van der Waals surface area contributed by atoms with Gasteiger partial charge in [-0.2, -0.15) is 0 Å². The zero-order valence-electron chi connectivity index (χ0n) is 18.7. The average molecular weight is 467 g/mol. The van der Waals surface area contributed by atoms with Crippen molar-refractivity contribution in [1.82, 2.24) is 5.32 Å². The lowest BCUT2D eigenvalue weighted by Gasteiger charge is -2.20. The van der Waals surface area contributed by atoms with Crippen LogP contribution in [0.25, 0.3) is 0 Å². The molecule has 33 heavy (non-hydrogen) atoms. The van der Waals surface area contributed by atoms with Gasteiger partial charge < -0.3 is 10.1 Å². The van der Waals surface area contributed by atoms with Crippen LogP contribution in [0.4, 0.5) is 5.69 Å². The van der Waals surface area contributed by atoms with E-state index >= 15 is 0 Å². The number of amides is 1. The van der Waals surface area contributed by atoms with Gasteiger partial charge in [0.1, 0.15) is 6.04 Å². The second-order valence-corrected chi connectivity index (χ2v) is 9.54. The highest BCUT2D eigenvalue weighted by atomic mass is 32.2. The maximum Gasteiger partial charge on any atom is 0.328 e. The Morgan fingerprint density at radius 1 is 0.939 bits per heavy atom. The number of rotatable bonds is 8. The molecular weight excluding hydrogens is 440 g/mol. The number of hydrogen-bond donors (Lipinski definition) is 1. The highest BCUT2D eigenvalue weighted by molar-refractivity contribution is 7.92. The van der Waals surface area contributed by atoms with Crippen molar-refractivity contribution < 1.29 is 22.7 Å². The number of aryl methyl sites for hydroxylation is 1. The molecule has 1 atom stereocenters. The third-order valence-corrected chi connectivity index (χ3v) is 7.05. The van der Waals surface area contributed by atoms with E-state index in [1.165, 1.54) is 26.3 Å². The number of carbonyl (C=O) groups excluding carboxylic acids is 2. The Morgan fingerprint density at radius 2 is 1.55 bits per heavy atom. The second-order valence-electron chi connectivity index (χ2n) is 7.57. The van der Waals surface area contributed by atoms with E-state index in [-0.39, 0.29) is 11.3 Å². The highest BCUT2D eigenvalue weighted by Gasteiger charge is 2.24. The molecule has 0 saturated carbocycles. The van der Waals surface area contributed by atoms with Gasteiger partial charge in [-0.3, -0.25) is 9.10 Å². The summed E-state index contributed by atoms with van der Waals surface area (Å²) in [5, 5.41) is 2.70. The summed E-state index contributed by atoms with van der Waals surface area (Å²) in [6.45, 7) is 1.88. The van der Waals surface area contributed by atoms with Crippen molar-refractivity contribution in [3.63, 3.8) is 0 Å². The van der Waals surface area contributed by atoms with Crippen LogP contribution in [0.1, 0.15) is 21.5 Å². The molecule has 3 rings (SSSR count). The second kappa shape index (κ2) is 10.3. The summed E-state index contributed by atoms with van der Waals surface area (Å²) in [5.74, 6) is -1.01. The zero-order chi connectivity index (χ0) is 24.0. The SMILES string of the molecule is COC(=O)[C@H](Cc1ccccc1)NC(=O)c1ccc(N(C)S(=O)(=O)c2ccc(C)cc2)cc1. The summed E-state index contributed by atoms with van der Waals surface area (Å²) in [6.07, 6.45) is 0.287. The molecule has 0 radical (unpaired) electrons. The number of nitrogens with zero attached hydrogens (tertiary/aromatic N) is 1. The number of ether oxygens (including phenoxy) is 1. The Bertz CT molecular complexity index is 1210. The molecule has 0 aliphatic rings. The van der Waals surface area contributed by atoms with Crippen molar-refractivity contribution in [2.45, 2.75) is 24.3 Å². The zero-order valence-corrected chi connectivity index (χ0v) is 19.5. The molecule has 1 amide bonds. The molecule has 3 aromatic rings. The lowest BCUT2D eigenvalue weighted by molar-refractivity contribution is -0.142. The van der Waals surface area contributed by atoms with Crippen molar-refractivity contribution in [2.24, 2.45) is 0 Å². The smallest absolute Gasteiger partial charge is 0.328 e. The van der Waals surface area contributed by atoms with E-state index in [2.05, 4.69) is 5.32 Å². The molecular formula is C25H26N2O5S. The first kappa shape index (κ1) is 24.0. The predicted molar refractivity (Wildman–Crippen MR) is 127 cm³/mol. The first-order chi connectivity index (χ1) is 15.7. The monoisotopic (exact) mass is 466 g/mol.